The van der Waals surface area contributed by atoms with Crippen molar-refractivity contribution in [2.24, 2.45) is 5.92 Å². The van der Waals surface area contributed by atoms with Gasteiger partial charge in [0.15, 0.2) is 0 Å². The number of nitrogens with one attached hydrogen (secondary N) is 2. The molecule has 4 rings (SSSR count). The van der Waals surface area contributed by atoms with Crippen LogP contribution in [0.2, 0.25) is 5.02 Å². The molecule has 1 aromatic carbocycles. The molecule has 1 aliphatic carbocycles. The monoisotopic (exact) mass is 557 g/mol. The van der Waals surface area contributed by atoms with Crippen LogP contribution in [0.5, 0.6) is 5.88 Å². The minimum Gasteiger partial charge on any atom is -0.471 e. The fourth-order valence-corrected chi connectivity index (χ4v) is 5.16. The van der Waals surface area contributed by atoms with Gasteiger partial charge in [0.05, 0.1) is 18.1 Å². The van der Waals surface area contributed by atoms with Gasteiger partial charge in [0.25, 0.3) is 0 Å². The SMILES string of the molecule is CC(=O)N[C@@H](Cc1ccc(Cl)cc1)[C@H](O)CN[C@H]1CC2(CCC2)Oc2ncc(C(F)C(C)C(F)(F)F)cc21. The number of pyridine rings is 1. The molecule has 0 radical (unpaired) electrons. The number of hydrogen-bond acceptors (Lipinski definition) is 5. The van der Waals surface area contributed by atoms with Gasteiger partial charge in [0.1, 0.15) is 11.8 Å². The molecule has 208 valence electrons. The highest BCUT2D eigenvalue weighted by molar-refractivity contribution is 6.30. The van der Waals surface area contributed by atoms with Gasteiger partial charge < -0.3 is 20.5 Å². The van der Waals surface area contributed by atoms with Gasteiger partial charge in [-0.3, -0.25) is 4.79 Å². The highest BCUT2D eigenvalue weighted by Gasteiger charge is 2.47. The van der Waals surface area contributed by atoms with Crippen LogP contribution in [-0.2, 0) is 11.2 Å². The summed E-state index contributed by atoms with van der Waals surface area (Å²) in [5, 5.41) is 17.7. The molecule has 1 aliphatic heterocycles. The van der Waals surface area contributed by atoms with Crippen molar-refractivity contribution in [2.45, 2.75) is 82.1 Å². The number of carbonyl (C=O) groups excluding carboxylic acids is 1. The zero-order valence-electron chi connectivity index (χ0n) is 21.2. The molecule has 1 fully saturated rings. The van der Waals surface area contributed by atoms with E-state index in [-0.39, 0.29) is 23.9 Å². The first-order valence-electron chi connectivity index (χ1n) is 12.7. The first kappa shape index (κ1) is 28.6. The van der Waals surface area contributed by atoms with Crippen LogP contribution in [0.25, 0.3) is 0 Å². The van der Waals surface area contributed by atoms with E-state index < -0.39 is 42.1 Å². The molecule has 1 saturated carbocycles. The average Bonchev–Trinajstić information content (AvgIpc) is 2.84. The maximum Gasteiger partial charge on any atom is 0.394 e. The van der Waals surface area contributed by atoms with Crippen molar-refractivity contribution in [1.29, 1.82) is 0 Å². The Morgan fingerprint density at radius 1 is 1.29 bits per heavy atom. The number of hydrogen-bond donors (Lipinski definition) is 3. The summed E-state index contributed by atoms with van der Waals surface area (Å²) in [7, 11) is 0. The fraction of sp³-hybridized carbons (Fsp3) is 0.556. The zero-order valence-corrected chi connectivity index (χ0v) is 22.0. The number of halogens is 5. The predicted molar refractivity (Wildman–Crippen MR) is 135 cm³/mol. The molecule has 2 unspecified atom stereocenters. The highest BCUT2D eigenvalue weighted by atomic mass is 35.5. The number of aliphatic hydroxyl groups is 1. The third kappa shape index (κ3) is 6.58. The van der Waals surface area contributed by atoms with Crippen LogP contribution in [0, 0.1) is 5.92 Å². The standard InChI is InChI=1S/C27H32ClF4N3O3/c1-15(27(30,31)32)24(29)18-11-20-22(12-26(8-3-9-26)38-25(20)34-13-18)33-14-23(37)21(35-16(2)36)10-17-4-6-19(28)7-5-17/h4-7,11,13,15,21-24,33,37H,3,8-10,12,14H2,1-2H3,(H,35,36)/t15?,21-,22-,23+,24?/m0/s1. The van der Waals surface area contributed by atoms with Crippen LogP contribution < -0.4 is 15.4 Å². The van der Waals surface area contributed by atoms with Crippen LogP contribution in [0.1, 0.15) is 68.4 Å². The molecule has 6 nitrogen and oxygen atoms in total. The molecule has 0 bridgehead atoms. The van der Waals surface area contributed by atoms with Gasteiger partial charge >= 0.3 is 6.18 Å². The number of ether oxygens (including phenoxy) is 1. The average molecular weight is 558 g/mol. The second-order valence-corrected chi connectivity index (χ2v) is 10.8. The zero-order chi connectivity index (χ0) is 27.7. The fourth-order valence-electron chi connectivity index (χ4n) is 5.04. The van der Waals surface area contributed by atoms with E-state index >= 15 is 0 Å². The van der Waals surface area contributed by atoms with Crippen molar-refractivity contribution in [3.63, 3.8) is 0 Å². The number of aliphatic hydroxyl groups excluding tert-OH is 1. The van der Waals surface area contributed by atoms with Gasteiger partial charge in [0.2, 0.25) is 11.8 Å². The quantitative estimate of drug-likeness (QED) is 0.360. The Kier molecular flexibility index (Phi) is 8.54. The molecule has 1 aromatic heterocycles. The number of carbonyl (C=O) groups is 1. The van der Waals surface area contributed by atoms with Gasteiger partial charge in [-0.1, -0.05) is 30.7 Å². The number of alkyl halides is 4. The van der Waals surface area contributed by atoms with Gasteiger partial charge in [0, 0.05) is 48.3 Å². The third-order valence-corrected chi connectivity index (χ3v) is 7.75. The minimum absolute atomic E-state index is 0.0704. The Hall–Kier alpha value is -2.43. The van der Waals surface area contributed by atoms with Crippen molar-refractivity contribution < 1.29 is 32.2 Å². The van der Waals surface area contributed by atoms with E-state index in [0.29, 0.717) is 23.4 Å². The number of rotatable bonds is 9. The minimum atomic E-state index is -4.69. The largest absolute Gasteiger partial charge is 0.471 e. The molecule has 0 saturated heterocycles. The summed E-state index contributed by atoms with van der Waals surface area (Å²) in [6.45, 7) is 2.24. The first-order chi connectivity index (χ1) is 17.9. The lowest BCUT2D eigenvalue weighted by molar-refractivity contribution is -0.186. The summed E-state index contributed by atoms with van der Waals surface area (Å²) in [6, 6.07) is 7.43. The second-order valence-electron chi connectivity index (χ2n) is 10.4. The maximum absolute atomic E-state index is 14.8. The lowest BCUT2D eigenvalue weighted by Crippen LogP contribution is -2.52. The Morgan fingerprint density at radius 2 is 1.97 bits per heavy atom. The Labute approximate surface area is 224 Å². The summed E-state index contributed by atoms with van der Waals surface area (Å²) >= 11 is 5.96. The van der Waals surface area contributed by atoms with Crippen molar-refractivity contribution in [3.05, 3.63) is 58.2 Å². The van der Waals surface area contributed by atoms with Crippen LogP contribution in [-0.4, -0.2) is 46.5 Å². The topological polar surface area (TPSA) is 83.5 Å². The van der Waals surface area contributed by atoms with Gasteiger partial charge in [-0.15, -0.1) is 0 Å². The molecule has 2 aliphatic rings. The van der Waals surface area contributed by atoms with E-state index in [9.17, 15) is 27.5 Å². The van der Waals surface area contributed by atoms with Crippen LogP contribution >= 0.6 is 11.6 Å². The molecular formula is C27H32ClF4N3O3. The molecule has 5 atom stereocenters. The van der Waals surface area contributed by atoms with Crippen LogP contribution in [0.15, 0.2) is 36.5 Å². The van der Waals surface area contributed by atoms with Gasteiger partial charge in [-0.05, 0) is 49.4 Å². The van der Waals surface area contributed by atoms with Crippen LogP contribution in [0.3, 0.4) is 0 Å². The first-order valence-corrected chi connectivity index (χ1v) is 13.1. The third-order valence-electron chi connectivity index (χ3n) is 7.50. The molecule has 3 N–H and O–H groups in total. The Morgan fingerprint density at radius 3 is 2.55 bits per heavy atom. The summed E-state index contributed by atoms with van der Waals surface area (Å²) in [6.07, 6.45) is -3.40. The summed E-state index contributed by atoms with van der Waals surface area (Å²) in [5.74, 6) is -2.23. The Bertz CT molecular complexity index is 1130. The number of fused-ring (bicyclic) bond motifs is 1. The summed E-state index contributed by atoms with van der Waals surface area (Å²) < 4.78 is 60.4. The number of aromatic nitrogens is 1. The second kappa shape index (κ2) is 11.4. The molecule has 1 amide bonds. The van der Waals surface area contributed by atoms with E-state index in [1.165, 1.54) is 13.0 Å². The van der Waals surface area contributed by atoms with Gasteiger partial charge in [-0.2, -0.15) is 13.2 Å². The number of benzene rings is 1. The molecule has 2 aromatic rings. The van der Waals surface area contributed by atoms with Crippen molar-refractivity contribution in [2.75, 3.05) is 6.54 Å². The molecule has 11 heteroatoms. The van der Waals surface area contributed by atoms with E-state index in [1.54, 1.807) is 12.1 Å². The lowest BCUT2D eigenvalue weighted by atomic mass is 9.73. The lowest BCUT2D eigenvalue weighted by Gasteiger charge is -2.47. The number of amides is 1. The molecular weight excluding hydrogens is 526 g/mol. The van der Waals surface area contributed by atoms with E-state index in [4.69, 9.17) is 16.3 Å². The van der Waals surface area contributed by atoms with E-state index in [1.807, 2.05) is 12.1 Å². The molecule has 1 spiro atoms. The summed E-state index contributed by atoms with van der Waals surface area (Å²) in [4.78, 5) is 16.0. The van der Waals surface area contributed by atoms with E-state index in [2.05, 4.69) is 15.6 Å². The van der Waals surface area contributed by atoms with Crippen molar-refractivity contribution in [3.8, 4) is 5.88 Å². The number of nitrogens with zero attached hydrogens (tertiary/aromatic N) is 1. The smallest absolute Gasteiger partial charge is 0.394 e. The van der Waals surface area contributed by atoms with E-state index in [0.717, 1.165) is 37.9 Å². The van der Waals surface area contributed by atoms with Crippen molar-refractivity contribution >= 4 is 17.5 Å². The molecule has 2 heterocycles. The van der Waals surface area contributed by atoms with Crippen LogP contribution in [0.4, 0.5) is 17.6 Å². The maximum atomic E-state index is 14.8. The Balaban J connectivity index is 1.52. The normalized spacial score (nSPS) is 21.4. The van der Waals surface area contributed by atoms with Crippen molar-refractivity contribution in [1.82, 2.24) is 15.6 Å². The van der Waals surface area contributed by atoms with Gasteiger partial charge in [-0.25, -0.2) is 9.37 Å². The molecule has 38 heavy (non-hydrogen) atoms. The highest BCUT2D eigenvalue weighted by Crippen LogP contribution is 2.49. The predicted octanol–water partition coefficient (Wildman–Crippen LogP) is 5.39. The summed E-state index contributed by atoms with van der Waals surface area (Å²) in [5.41, 5.74) is 0.711.